The smallest absolute Gasteiger partial charge is 0.410 e. The molecular weight excluding hydrogens is 448 g/mol. The van der Waals surface area contributed by atoms with Crippen LogP contribution in [0.4, 0.5) is 16.2 Å². The van der Waals surface area contributed by atoms with Gasteiger partial charge in [0.25, 0.3) is 5.56 Å². The molecule has 1 aliphatic heterocycles. The van der Waals surface area contributed by atoms with Crippen LogP contribution in [0.2, 0.25) is 0 Å². The molecule has 35 heavy (non-hydrogen) atoms. The standard InChI is InChI=1S/C26H30N4O5/c1-26(2,3)35-25(32)29-10-8-17(9-11-29)22-15-27-23-7-6-18(16-30(23)24(22)31)28-19-12-20(33-4)14-21(13-19)34-5/h6-8,12-16,28H,9-11H2,1-5H3. The average Bonchev–Trinajstić information content (AvgIpc) is 2.83. The van der Waals surface area contributed by atoms with Crippen molar-refractivity contribution in [3.8, 4) is 11.5 Å². The number of fused-ring (bicyclic) bond motifs is 1. The Labute approximate surface area is 203 Å². The van der Waals surface area contributed by atoms with Gasteiger partial charge in [0.05, 0.1) is 25.5 Å². The number of benzene rings is 1. The van der Waals surface area contributed by atoms with Gasteiger partial charge in [-0.25, -0.2) is 9.78 Å². The molecule has 0 unspecified atom stereocenters. The van der Waals surface area contributed by atoms with Crippen molar-refractivity contribution in [2.75, 3.05) is 32.6 Å². The molecule has 1 amide bonds. The quantitative estimate of drug-likeness (QED) is 0.578. The Hall–Kier alpha value is -4.01. The molecular formula is C26H30N4O5. The number of rotatable bonds is 5. The van der Waals surface area contributed by atoms with Crippen molar-refractivity contribution in [2.45, 2.75) is 32.8 Å². The third kappa shape index (κ3) is 5.56. The number of hydrogen-bond acceptors (Lipinski definition) is 7. The van der Waals surface area contributed by atoms with Crippen LogP contribution in [0.15, 0.2) is 53.6 Å². The third-order valence-electron chi connectivity index (χ3n) is 5.55. The Morgan fingerprint density at radius 3 is 2.37 bits per heavy atom. The minimum Gasteiger partial charge on any atom is -0.497 e. The van der Waals surface area contributed by atoms with Gasteiger partial charge in [-0.15, -0.1) is 0 Å². The monoisotopic (exact) mass is 478 g/mol. The highest BCUT2D eigenvalue weighted by molar-refractivity contribution is 5.73. The van der Waals surface area contributed by atoms with Gasteiger partial charge in [-0.1, -0.05) is 6.08 Å². The molecule has 0 atom stereocenters. The van der Waals surface area contributed by atoms with Crippen molar-refractivity contribution in [3.05, 3.63) is 64.7 Å². The molecule has 9 heteroatoms. The summed E-state index contributed by atoms with van der Waals surface area (Å²) in [5.74, 6) is 1.30. The summed E-state index contributed by atoms with van der Waals surface area (Å²) in [6, 6.07) is 9.10. The largest absolute Gasteiger partial charge is 0.497 e. The summed E-state index contributed by atoms with van der Waals surface area (Å²) in [5.41, 5.74) is 2.68. The molecule has 3 heterocycles. The van der Waals surface area contributed by atoms with E-state index in [1.54, 1.807) is 43.6 Å². The van der Waals surface area contributed by atoms with Crippen molar-refractivity contribution in [3.63, 3.8) is 0 Å². The summed E-state index contributed by atoms with van der Waals surface area (Å²) < 4.78 is 17.6. The van der Waals surface area contributed by atoms with E-state index in [-0.39, 0.29) is 11.7 Å². The molecule has 184 valence electrons. The van der Waals surface area contributed by atoms with E-state index in [1.807, 2.05) is 45.0 Å². The fraction of sp³-hybridized carbons (Fsp3) is 0.346. The van der Waals surface area contributed by atoms with E-state index in [9.17, 15) is 9.59 Å². The van der Waals surface area contributed by atoms with Crippen molar-refractivity contribution in [1.29, 1.82) is 0 Å². The Kier molecular flexibility index (Phi) is 6.68. The van der Waals surface area contributed by atoms with Gasteiger partial charge in [0.15, 0.2) is 0 Å². The van der Waals surface area contributed by atoms with Gasteiger partial charge in [-0.2, -0.15) is 0 Å². The summed E-state index contributed by atoms with van der Waals surface area (Å²) in [7, 11) is 3.18. The molecule has 3 aromatic rings. The van der Waals surface area contributed by atoms with Crippen molar-refractivity contribution < 1.29 is 19.0 Å². The van der Waals surface area contributed by atoms with Gasteiger partial charge in [-0.3, -0.25) is 9.20 Å². The topological polar surface area (TPSA) is 94.4 Å². The summed E-state index contributed by atoms with van der Waals surface area (Å²) in [4.78, 5) is 31.8. The zero-order valence-corrected chi connectivity index (χ0v) is 20.6. The van der Waals surface area contributed by atoms with E-state index in [1.165, 1.54) is 4.40 Å². The van der Waals surface area contributed by atoms with Crippen LogP contribution in [0.25, 0.3) is 11.2 Å². The third-order valence-corrected chi connectivity index (χ3v) is 5.55. The average molecular weight is 479 g/mol. The predicted octanol–water partition coefficient (Wildman–Crippen LogP) is 4.48. The molecule has 4 rings (SSSR count). The second-order valence-electron chi connectivity index (χ2n) is 9.26. The first-order chi connectivity index (χ1) is 16.7. The molecule has 9 nitrogen and oxygen atoms in total. The van der Waals surface area contributed by atoms with Gasteiger partial charge in [0.2, 0.25) is 0 Å². The molecule has 0 fully saturated rings. The number of ether oxygens (including phenoxy) is 3. The highest BCUT2D eigenvalue weighted by Crippen LogP contribution is 2.28. The minimum atomic E-state index is -0.552. The fourth-order valence-corrected chi connectivity index (χ4v) is 3.82. The fourth-order valence-electron chi connectivity index (χ4n) is 3.82. The lowest BCUT2D eigenvalue weighted by atomic mass is 10.0. The Morgan fingerprint density at radius 2 is 1.77 bits per heavy atom. The first kappa shape index (κ1) is 24.1. The number of nitrogens with one attached hydrogen (secondary N) is 1. The normalized spacial score (nSPS) is 13.9. The number of carbonyl (C=O) groups excluding carboxylic acids is 1. The number of nitrogens with zero attached hydrogens (tertiary/aromatic N) is 3. The van der Waals surface area contributed by atoms with Gasteiger partial charge >= 0.3 is 6.09 Å². The van der Waals surface area contributed by atoms with Crippen LogP contribution in [0, 0.1) is 0 Å². The highest BCUT2D eigenvalue weighted by Gasteiger charge is 2.24. The van der Waals surface area contributed by atoms with Crippen LogP contribution in [-0.4, -0.2) is 53.3 Å². The number of hydrogen-bond donors (Lipinski definition) is 1. The molecule has 0 aliphatic carbocycles. The van der Waals surface area contributed by atoms with E-state index in [0.717, 1.165) is 11.3 Å². The lowest BCUT2D eigenvalue weighted by molar-refractivity contribution is 0.0270. The molecule has 0 radical (unpaired) electrons. The molecule has 0 spiro atoms. The van der Waals surface area contributed by atoms with Crippen LogP contribution < -0.4 is 20.3 Å². The van der Waals surface area contributed by atoms with Crippen LogP contribution >= 0.6 is 0 Å². The number of aromatic nitrogens is 2. The van der Waals surface area contributed by atoms with Gasteiger partial charge < -0.3 is 24.4 Å². The number of pyridine rings is 1. The molecule has 1 aromatic carbocycles. The second-order valence-corrected chi connectivity index (χ2v) is 9.26. The molecule has 0 bridgehead atoms. The van der Waals surface area contributed by atoms with Crippen molar-refractivity contribution >= 4 is 28.7 Å². The highest BCUT2D eigenvalue weighted by atomic mass is 16.6. The van der Waals surface area contributed by atoms with E-state index < -0.39 is 5.60 Å². The summed E-state index contributed by atoms with van der Waals surface area (Å²) in [6.45, 7) is 6.37. The predicted molar refractivity (Wildman–Crippen MR) is 135 cm³/mol. The molecule has 0 saturated carbocycles. The maximum absolute atomic E-state index is 13.3. The number of anilines is 2. The van der Waals surface area contributed by atoms with E-state index >= 15 is 0 Å². The number of methoxy groups -OCH3 is 2. The number of carbonyl (C=O) groups is 1. The molecule has 1 N–H and O–H groups in total. The van der Waals surface area contributed by atoms with Crippen molar-refractivity contribution in [2.24, 2.45) is 0 Å². The molecule has 1 aliphatic rings. The Bertz CT molecular complexity index is 1320. The van der Waals surface area contributed by atoms with Crippen LogP contribution in [0.5, 0.6) is 11.5 Å². The van der Waals surface area contributed by atoms with Crippen LogP contribution in [-0.2, 0) is 4.74 Å². The van der Waals surface area contributed by atoms with Gasteiger partial charge in [-0.05, 0) is 44.9 Å². The SMILES string of the molecule is COc1cc(Nc2ccc3ncc(C4=CCN(C(=O)OC(C)(C)C)CC4)c(=O)n3c2)cc(OC)c1. The maximum atomic E-state index is 13.3. The molecule has 0 saturated heterocycles. The first-order valence-corrected chi connectivity index (χ1v) is 11.4. The lowest BCUT2D eigenvalue weighted by Crippen LogP contribution is -2.39. The maximum Gasteiger partial charge on any atom is 0.410 e. The second kappa shape index (κ2) is 9.69. The zero-order valence-electron chi connectivity index (χ0n) is 20.6. The van der Waals surface area contributed by atoms with Crippen LogP contribution in [0.3, 0.4) is 0 Å². The summed E-state index contributed by atoms with van der Waals surface area (Å²) in [5, 5.41) is 3.29. The lowest BCUT2D eigenvalue weighted by Gasteiger charge is -2.29. The van der Waals surface area contributed by atoms with E-state index in [4.69, 9.17) is 14.2 Å². The summed E-state index contributed by atoms with van der Waals surface area (Å²) in [6.07, 6.45) is 5.40. The first-order valence-electron chi connectivity index (χ1n) is 11.4. The van der Waals surface area contributed by atoms with E-state index in [0.29, 0.717) is 47.9 Å². The Morgan fingerprint density at radius 1 is 1.06 bits per heavy atom. The van der Waals surface area contributed by atoms with E-state index in [2.05, 4.69) is 10.3 Å². The van der Waals surface area contributed by atoms with Gasteiger partial charge in [0.1, 0.15) is 22.7 Å². The minimum absolute atomic E-state index is 0.168. The van der Waals surface area contributed by atoms with Gasteiger partial charge in [0, 0.05) is 49.4 Å². The van der Waals surface area contributed by atoms with Crippen LogP contribution in [0.1, 0.15) is 32.8 Å². The van der Waals surface area contributed by atoms with Crippen molar-refractivity contribution in [1.82, 2.24) is 14.3 Å². The molecule has 2 aromatic heterocycles. The zero-order chi connectivity index (χ0) is 25.2. The number of amides is 1. The summed E-state index contributed by atoms with van der Waals surface area (Å²) >= 11 is 0. The Balaban J connectivity index is 1.59.